The number of hydrogen-bond donors (Lipinski definition) is 1. The summed E-state index contributed by atoms with van der Waals surface area (Å²) < 4.78 is 12.7. The Morgan fingerprint density at radius 2 is 2.00 bits per heavy atom. The van der Waals surface area contributed by atoms with Crippen LogP contribution in [-0.2, 0) is 29.4 Å². The number of amides is 1. The highest BCUT2D eigenvalue weighted by Gasteiger charge is 2.26. The van der Waals surface area contributed by atoms with Gasteiger partial charge in [0.1, 0.15) is 10.8 Å². The number of rotatable bonds is 8. The van der Waals surface area contributed by atoms with Crippen LogP contribution >= 0.6 is 46.3 Å². The van der Waals surface area contributed by atoms with Gasteiger partial charge in [-0.3, -0.25) is 4.79 Å². The van der Waals surface area contributed by atoms with Gasteiger partial charge in [-0.05, 0) is 50.3 Å². The van der Waals surface area contributed by atoms with E-state index in [0.717, 1.165) is 42.5 Å². The van der Waals surface area contributed by atoms with Crippen molar-refractivity contribution in [1.29, 1.82) is 0 Å². The number of benzene rings is 1. The van der Waals surface area contributed by atoms with Crippen molar-refractivity contribution >= 4 is 63.2 Å². The summed E-state index contributed by atoms with van der Waals surface area (Å²) in [5, 5.41) is 13.4. The number of ether oxygens (including phenoxy) is 2. The van der Waals surface area contributed by atoms with E-state index >= 15 is 0 Å². The van der Waals surface area contributed by atoms with Crippen molar-refractivity contribution < 1.29 is 19.1 Å². The Morgan fingerprint density at radius 1 is 1.22 bits per heavy atom. The van der Waals surface area contributed by atoms with Crippen molar-refractivity contribution in [1.82, 2.24) is 14.8 Å². The standard InChI is InChI=1S/C24H26Cl2N4O4S2/c1-13(34-17-11-14(25)9-10-16(17)26)21-28-29-24(30(21)2)35-12-19(31)27-22-20(23(32)33-3)15-7-5-4-6-8-18(15)36-22/h9-11,13H,4-8,12H2,1-3H3,(H,27,31). The molecule has 12 heteroatoms. The molecular weight excluding hydrogens is 543 g/mol. The van der Waals surface area contributed by atoms with Crippen LogP contribution < -0.4 is 10.1 Å². The van der Waals surface area contributed by atoms with Crippen LogP contribution in [0.5, 0.6) is 5.75 Å². The number of methoxy groups -OCH3 is 1. The highest BCUT2D eigenvalue weighted by atomic mass is 35.5. The fourth-order valence-electron chi connectivity index (χ4n) is 4.06. The molecular formula is C24H26Cl2N4O4S2. The lowest BCUT2D eigenvalue weighted by atomic mass is 10.1. The number of nitrogens with one attached hydrogen (secondary N) is 1. The van der Waals surface area contributed by atoms with Crippen molar-refractivity contribution in [2.45, 2.75) is 50.3 Å². The number of carbonyl (C=O) groups excluding carboxylic acids is 2. The van der Waals surface area contributed by atoms with E-state index in [1.165, 1.54) is 30.2 Å². The van der Waals surface area contributed by atoms with Gasteiger partial charge in [0.25, 0.3) is 0 Å². The molecule has 192 valence electrons. The maximum atomic E-state index is 12.8. The Hall–Kier alpha value is -2.27. The van der Waals surface area contributed by atoms with Crippen LogP contribution in [0.4, 0.5) is 5.00 Å². The molecule has 2 heterocycles. The van der Waals surface area contributed by atoms with Crippen LogP contribution in [0.2, 0.25) is 10.0 Å². The van der Waals surface area contributed by atoms with E-state index in [4.69, 9.17) is 32.7 Å². The molecule has 0 aliphatic heterocycles. The minimum Gasteiger partial charge on any atom is -0.481 e. The molecule has 1 unspecified atom stereocenters. The number of aryl methyl sites for hydroxylation is 1. The maximum absolute atomic E-state index is 12.8. The van der Waals surface area contributed by atoms with Gasteiger partial charge in [-0.15, -0.1) is 21.5 Å². The maximum Gasteiger partial charge on any atom is 0.341 e. The molecule has 8 nitrogen and oxygen atoms in total. The molecule has 3 aromatic rings. The summed E-state index contributed by atoms with van der Waals surface area (Å²) in [4.78, 5) is 26.5. The molecule has 1 atom stereocenters. The van der Waals surface area contributed by atoms with E-state index in [-0.39, 0.29) is 11.7 Å². The molecule has 0 spiro atoms. The zero-order chi connectivity index (χ0) is 25.8. The topological polar surface area (TPSA) is 95.3 Å². The lowest BCUT2D eigenvalue weighted by Crippen LogP contribution is -2.17. The zero-order valence-electron chi connectivity index (χ0n) is 20.1. The van der Waals surface area contributed by atoms with Crippen LogP contribution in [0.1, 0.15) is 58.9 Å². The number of thioether (sulfide) groups is 1. The molecule has 1 amide bonds. The van der Waals surface area contributed by atoms with Gasteiger partial charge in [0, 0.05) is 23.0 Å². The van der Waals surface area contributed by atoms with Gasteiger partial charge in [0.2, 0.25) is 5.91 Å². The molecule has 0 radical (unpaired) electrons. The molecule has 36 heavy (non-hydrogen) atoms. The van der Waals surface area contributed by atoms with Crippen LogP contribution in [0.15, 0.2) is 23.4 Å². The van der Waals surface area contributed by atoms with E-state index in [2.05, 4.69) is 15.5 Å². The SMILES string of the molecule is COC(=O)c1c(NC(=O)CSc2nnc(C(C)Oc3cc(Cl)ccc3Cl)n2C)sc2c1CCCCC2. The summed E-state index contributed by atoms with van der Waals surface area (Å²) in [7, 11) is 3.17. The van der Waals surface area contributed by atoms with E-state index in [0.29, 0.717) is 37.3 Å². The van der Waals surface area contributed by atoms with Crippen LogP contribution in [0, 0.1) is 0 Å². The molecule has 2 aromatic heterocycles. The van der Waals surface area contributed by atoms with Gasteiger partial charge in [-0.2, -0.15) is 0 Å². The molecule has 0 bridgehead atoms. The summed E-state index contributed by atoms with van der Waals surface area (Å²) in [6.07, 6.45) is 4.52. The zero-order valence-corrected chi connectivity index (χ0v) is 23.2. The first-order valence-corrected chi connectivity index (χ1v) is 14.0. The second kappa shape index (κ2) is 11.9. The van der Waals surface area contributed by atoms with Gasteiger partial charge in [0.05, 0.1) is 23.4 Å². The third-order valence-electron chi connectivity index (χ3n) is 5.83. The first-order chi connectivity index (χ1) is 17.3. The van der Waals surface area contributed by atoms with Crippen molar-refractivity contribution in [2.24, 2.45) is 7.05 Å². The Labute approximate surface area is 227 Å². The first-order valence-electron chi connectivity index (χ1n) is 11.4. The smallest absolute Gasteiger partial charge is 0.341 e. The Bertz CT molecular complexity index is 1280. The molecule has 1 aliphatic rings. The highest BCUT2D eigenvalue weighted by molar-refractivity contribution is 7.99. The number of thiophene rings is 1. The summed E-state index contributed by atoms with van der Waals surface area (Å²) in [6.45, 7) is 1.83. The molecule has 1 aromatic carbocycles. The number of fused-ring (bicyclic) bond motifs is 1. The van der Waals surface area contributed by atoms with Crippen LogP contribution in [0.3, 0.4) is 0 Å². The first kappa shape index (κ1) is 26.8. The molecule has 0 saturated carbocycles. The average Bonchev–Trinajstić information content (AvgIpc) is 3.29. The summed E-state index contributed by atoms with van der Waals surface area (Å²) in [6, 6.07) is 4.99. The summed E-state index contributed by atoms with van der Waals surface area (Å²) >= 11 is 15.0. The van der Waals surface area contributed by atoms with E-state index in [1.807, 2.05) is 6.92 Å². The van der Waals surface area contributed by atoms with E-state index < -0.39 is 12.1 Å². The normalized spacial score (nSPS) is 14.0. The Balaban J connectivity index is 1.42. The van der Waals surface area contributed by atoms with Crippen LogP contribution in [-0.4, -0.2) is 39.5 Å². The Morgan fingerprint density at radius 3 is 2.78 bits per heavy atom. The van der Waals surface area contributed by atoms with E-state index in [9.17, 15) is 9.59 Å². The third-order valence-corrected chi connectivity index (χ3v) is 8.60. The van der Waals surface area contributed by atoms with Crippen molar-refractivity contribution in [3.8, 4) is 5.75 Å². The summed E-state index contributed by atoms with van der Waals surface area (Å²) in [5.74, 6) is 0.475. The van der Waals surface area contributed by atoms with E-state index in [1.54, 1.807) is 29.8 Å². The number of aromatic nitrogens is 3. The minimum atomic E-state index is -0.453. The third kappa shape index (κ3) is 5.99. The lowest BCUT2D eigenvalue weighted by molar-refractivity contribution is -0.113. The number of hydrogen-bond acceptors (Lipinski definition) is 8. The van der Waals surface area contributed by atoms with Crippen LogP contribution in [0.25, 0.3) is 0 Å². The lowest BCUT2D eigenvalue weighted by Gasteiger charge is -2.15. The monoisotopic (exact) mass is 568 g/mol. The Kier molecular flexibility index (Phi) is 8.82. The molecule has 4 rings (SSSR count). The second-order valence-corrected chi connectivity index (χ2v) is 11.2. The predicted molar refractivity (Wildman–Crippen MR) is 143 cm³/mol. The number of anilines is 1. The average molecular weight is 570 g/mol. The molecule has 0 fully saturated rings. The van der Waals surface area contributed by atoms with Gasteiger partial charge >= 0.3 is 5.97 Å². The van der Waals surface area contributed by atoms with Gasteiger partial charge < -0.3 is 19.4 Å². The summed E-state index contributed by atoms with van der Waals surface area (Å²) in [5.41, 5.74) is 1.50. The van der Waals surface area contributed by atoms with Crippen molar-refractivity contribution in [3.63, 3.8) is 0 Å². The second-order valence-electron chi connectivity index (χ2n) is 8.33. The number of halogens is 2. The minimum absolute atomic E-state index is 0.102. The molecule has 1 aliphatic carbocycles. The van der Waals surface area contributed by atoms with Gasteiger partial charge in [0.15, 0.2) is 17.1 Å². The number of esters is 1. The van der Waals surface area contributed by atoms with Gasteiger partial charge in [-0.1, -0.05) is 41.4 Å². The predicted octanol–water partition coefficient (Wildman–Crippen LogP) is 6.11. The largest absolute Gasteiger partial charge is 0.481 e. The molecule has 1 N–H and O–H groups in total. The molecule has 0 saturated heterocycles. The quantitative estimate of drug-likeness (QED) is 0.199. The highest BCUT2D eigenvalue weighted by Crippen LogP contribution is 2.38. The van der Waals surface area contributed by atoms with Gasteiger partial charge in [-0.25, -0.2) is 4.79 Å². The van der Waals surface area contributed by atoms with Crippen molar-refractivity contribution in [3.05, 3.63) is 50.1 Å². The fraction of sp³-hybridized carbons (Fsp3) is 0.417. The number of nitrogens with zero attached hydrogens (tertiary/aromatic N) is 3. The fourth-order valence-corrected chi connectivity index (χ4v) is 6.39. The van der Waals surface area contributed by atoms with Crippen molar-refractivity contribution in [2.75, 3.05) is 18.2 Å². The number of carbonyl (C=O) groups is 2.